The first-order valence-electron chi connectivity index (χ1n) is 10.8. The Morgan fingerprint density at radius 1 is 1.07 bits per heavy atom. The van der Waals surface area contributed by atoms with Crippen molar-refractivity contribution in [2.24, 2.45) is 5.92 Å². The molecule has 2 aromatic rings. The number of piperazine rings is 1. The first-order chi connectivity index (χ1) is 13.8. The third kappa shape index (κ3) is 3.19. The van der Waals surface area contributed by atoms with Gasteiger partial charge in [-0.05, 0) is 36.5 Å². The van der Waals surface area contributed by atoms with E-state index < -0.39 is 0 Å². The van der Waals surface area contributed by atoms with E-state index in [-0.39, 0.29) is 0 Å². The smallest absolute Gasteiger partial charge is 0.180 e. The van der Waals surface area contributed by atoms with Crippen LogP contribution in [-0.4, -0.2) is 46.4 Å². The van der Waals surface area contributed by atoms with Gasteiger partial charge in [-0.1, -0.05) is 24.3 Å². The lowest BCUT2D eigenvalue weighted by molar-refractivity contribution is 0.192. The van der Waals surface area contributed by atoms with Gasteiger partial charge in [-0.25, -0.2) is 0 Å². The van der Waals surface area contributed by atoms with Gasteiger partial charge in [0.05, 0.1) is 33.4 Å². The van der Waals surface area contributed by atoms with Crippen molar-refractivity contribution in [3.63, 3.8) is 0 Å². The van der Waals surface area contributed by atoms with E-state index in [1.54, 1.807) is 11.1 Å². The van der Waals surface area contributed by atoms with Crippen molar-refractivity contribution in [3.05, 3.63) is 53.1 Å². The number of hydrogen-bond donors (Lipinski definition) is 1. The number of hydrogen-bond acceptors (Lipinski definition) is 3. The van der Waals surface area contributed by atoms with Crippen molar-refractivity contribution in [2.45, 2.75) is 25.7 Å². The first kappa shape index (κ1) is 18.0. The molecule has 28 heavy (non-hydrogen) atoms. The van der Waals surface area contributed by atoms with E-state index in [4.69, 9.17) is 9.47 Å². The normalized spacial score (nSPS) is 22.8. The largest absolute Gasteiger partial charge is 0.493 e. The summed E-state index contributed by atoms with van der Waals surface area (Å²) in [5.41, 5.74) is 5.72. The fourth-order valence-electron chi connectivity index (χ4n) is 5.49. The van der Waals surface area contributed by atoms with Gasteiger partial charge in [0.15, 0.2) is 11.4 Å². The maximum absolute atomic E-state index is 5.93. The molecule has 0 spiro atoms. The number of nitrogens with zero attached hydrogens (tertiary/aromatic N) is 1. The molecule has 5 rings (SSSR count). The van der Waals surface area contributed by atoms with Crippen LogP contribution >= 0.6 is 0 Å². The number of rotatable bonds is 4. The molecule has 1 saturated heterocycles. The molecule has 4 heteroatoms. The highest BCUT2D eigenvalue weighted by molar-refractivity contribution is 5.63. The molecule has 2 heterocycles. The average Bonchev–Trinajstić information content (AvgIpc) is 3.21. The summed E-state index contributed by atoms with van der Waals surface area (Å²) in [7, 11) is 1.82. The number of nitrogens with one attached hydrogen (secondary N) is 1. The zero-order valence-corrected chi connectivity index (χ0v) is 16.9. The van der Waals surface area contributed by atoms with Gasteiger partial charge in [-0.2, -0.15) is 0 Å². The van der Waals surface area contributed by atoms with Gasteiger partial charge < -0.3 is 14.8 Å². The molecule has 0 bridgehead atoms. The zero-order valence-electron chi connectivity index (χ0n) is 16.9. The van der Waals surface area contributed by atoms with Crippen molar-refractivity contribution >= 4 is 5.69 Å². The molecule has 2 aliphatic heterocycles. The fourth-order valence-corrected chi connectivity index (χ4v) is 5.49. The van der Waals surface area contributed by atoms with E-state index in [2.05, 4.69) is 41.7 Å². The van der Waals surface area contributed by atoms with Crippen LogP contribution < -0.4 is 19.3 Å². The van der Waals surface area contributed by atoms with Crippen LogP contribution in [0.4, 0.5) is 5.69 Å². The molecular formula is C24H31N2O2+. The van der Waals surface area contributed by atoms with E-state index in [0.29, 0.717) is 5.92 Å². The van der Waals surface area contributed by atoms with Crippen LogP contribution in [0.15, 0.2) is 36.4 Å². The Hall–Kier alpha value is -2.04. The van der Waals surface area contributed by atoms with Crippen LogP contribution in [0, 0.1) is 5.92 Å². The molecule has 1 N–H and O–H groups in total. The quantitative estimate of drug-likeness (QED) is 0.827. The van der Waals surface area contributed by atoms with Crippen LogP contribution in [0.2, 0.25) is 0 Å². The van der Waals surface area contributed by atoms with Gasteiger partial charge in [0.2, 0.25) is 0 Å². The molecular weight excluding hydrogens is 348 g/mol. The Kier molecular flexibility index (Phi) is 4.77. The van der Waals surface area contributed by atoms with Crippen molar-refractivity contribution < 1.29 is 9.47 Å². The number of fused-ring (bicyclic) bond motifs is 2. The topological polar surface area (TPSA) is 30.5 Å². The molecule has 2 aromatic carbocycles. The molecule has 0 aromatic heterocycles. The third-order valence-electron chi connectivity index (χ3n) is 6.99. The van der Waals surface area contributed by atoms with E-state index in [1.165, 1.54) is 37.1 Å². The number of benzene rings is 2. The third-order valence-corrected chi connectivity index (χ3v) is 6.99. The number of ether oxygens (including phenoxy) is 2. The van der Waals surface area contributed by atoms with E-state index >= 15 is 0 Å². The van der Waals surface area contributed by atoms with Crippen LogP contribution in [-0.2, 0) is 19.3 Å². The van der Waals surface area contributed by atoms with Crippen molar-refractivity contribution in [1.82, 2.24) is 9.80 Å². The first-order valence-corrected chi connectivity index (χ1v) is 10.8. The molecule has 3 aliphatic rings. The van der Waals surface area contributed by atoms with Gasteiger partial charge in [0.25, 0.3) is 0 Å². The van der Waals surface area contributed by atoms with Gasteiger partial charge >= 0.3 is 0 Å². The predicted octanol–water partition coefficient (Wildman–Crippen LogP) is 3.35. The van der Waals surface area contributed by atoms with Crippen molar-refractivity contribution in [1.29, 1.82) is 0 Å². The minimum absolute atomic E-state index is 0.715. The highest BCUT2D eigenvalue weighted by atomic mass is 16.5. The lowest BCUT2D eigenvalue weighted by atomic mass is 9.83. The minimum Gasteiger partial charge on any atom is -0.493 e. The van der Waals surface area contributed by atoms with Crippen LogP contribution in [0.5, 0.6) is 11.5 Å². The molecule has 0 amide bonds. The Morgan fingerprint density at radius 3 is 2.71 bits per heavy atom. The Morgan fingerprint density at radius 2 is 1.89 bits per heavy atom. The van der Waals surface area contributed by atoms with Crippen molar-refractivity contribution in [2.75, 3.05) is 46.4 Å². The molecule has 0 saturated carbocycles. The Bertz CT molecular complexity index is 858. The average molecular weight is 380 g/mol. The summed E-state index contributed by atoms with van der Waals surface area (Å²) in [4.78, 5) is 0. The second kappa shape index (κ2) is 7.41. The summed E-state index contributed by atoms with van der Waals surface area (Å²) in [6.45, 7) is 6.34. The predicted molar refractivity (Wildman–Crippen MR) is 113 cm³/mol. The lowest BCUT2D eigenvalue weighted by Gasteiger charge is -2.44. The zero-order chi connectivity index (χ0) is 19.0. The Balaban J connectivity index is 1.49. The highest BCUT2D eigenvalue weighted by Gasteiger charge is 2.39. The monoisotopic (exact) mass is 379 g/mol. The van der Waals surface area contributed by atoms with Gasteiger partial charge in [0, 0.05) is 37.1 Å². The molecule has 1 atom stereocenters. The van der Waals surface area contributed by atoms with Crippen LogP contribution in [0.3, 0.4) is 0 Å². The maximum atomic E-state index is 5.93. The summed E-state index contributed by atoms with van der Waals surface area (Å²) in [6.07, 6.45) is 4.69. The number of methoxy groups -OCH3 is 1. The maximum Gasteiger partial charge on any atom is 0.180 e. The van der Waals surface area contributed by atoms with Crippen LogP contribution in [0.1, 0.15) is 23.1 Å². The second-order valence-corrected chi connectivity index (χ2v) is 8.63. The Labute approximate surface area is 168 Å². The standard InChI is InChI=1S/C24H31N2O2/c1-27-24-15-21-8-13-28-23(21)16-22(24)26(11-9-25-10-12-26)17-18-6-7-19-4-2-3-5-20(19)14-18/h2-5,15-16,18,25H,6-14,17H2,1H3/q+1. The highest BCUT2D eigenvalue weighted by Crippen LogP contribution is 2.43. The summed E-state index contributed by atoms with van der Waals surface area (Å²) in [5, 5.41) is 3.56. The lowest BCUT2D eigenvalue weighted by Crippen LogP contribution is -2.62. The number of aryl methyl sites for hydroxylation is 1. The van der Waals surface area contributed by atoms with E-state index in [1.807, 2.05) is 7.11 Å². The molecule has 1 unspecified atom stereocenters. The van der Waals surface area contributed by atoms with Gasteiger partial charge in [-0.15, -0.1) is 0 Å². The minimum atomic E-state index is 0.715. The van der Waals surface area contributed by atoms with E-state index in [0.717, 1.165) is 55.2 Å². The molecule has 1 aliphatic carbocycles. The summed E-state index contributed by atoms with van der Waals surface area (Å²) >= 11 is 0. The van der Waals surface area contributed by atoms with Gasteiger partial charge in [-0.3, -0.25) is 4.48 Å². The van der Waals surface area contributed by atoms with Crippen LogP contribution in [0.25, 0.3) is 0 Å². The molecule has 0 radical (unpaired) electrons. The molecule has 148 valence electrons. The van der Waals surface area contributed by atoms with E-state index in [9.17, 15) is 0 Å². The summed E-state index contributed by atoms with van der Waals surface area (Å²) < 4.78 is 12.8. The molecule has 1 fully saturated rings. The fraction of sp³-hybridized carbons (Fsp3) is 0.500. The summed E-state index contributed by atoms with van der Waals surface area (Å²) in [5.74, 6) is 2.83. The second-order valence-electron chi connectivity index (χ2n) is 8.63. The molecule has 4 nitrogen and oxygen atoms in total. The summed E-state index contributed by atoms with van der Waals surface area (Å²) in [6, 6.07) is 13.5. The SMILES string of the molecule is COc1cc2c(cc1[N+]1(CC3CCc4ccccc4C3)CCNCC1)OCC2. The van der Waals surface area contributed by atoms with Crippen molar-refractivity contribution in [3.8, 4) is 11.5 Å². The van der Waals surface area contributed by atoms with Gasteiger partial charge in [0.1, 0.15) is 5.75 Å². The number of quaternary nitrogens is 1.